The van der Waals surface area contributed by atoms with Gasteiger partial charge >= 0.3 is 0 Å². The van der Waals surface area contributed by atoms with Gasteiger partial charge in [-0.3, -0.25) is 0 Å². The minimum absolute atomic E-state index is 0.162. The van der Waals surface area contributed by atoms with Crippen LogP contribution < -0.4 is 0 Å². The Bertz CT molecular complexity index is 1090. The van der Waals surface area contributed by atoms with E-state index < -0.39 is 0 Å². The van der Waals surface area contributed by atoms with E-state index in [1.54, 1.807) is 6.07 Å². The number of aromatic hydroxyl groups is 1. The molecule has 0 amide bonds. The zero-order valence-corrected chi connectivity index (χ0v) is 15.2. The van der Waals surface area contributed by atoms with Crippen molar-refractivity contribution in [1.29, 1.82) is 0 Å². The minimum atomic E-state index is 0.162. The number of phenolic OH excluding ortho intramolecular Hbond substituents is 1. The second-order valence-corrected chi connectivity index (χ2v) is 6.56. The number of rotatable bonds is 3. The van der Waals surface area contributed by atoms with Gasteiger partial charge in [0.05, 0.1) is 5.56 Å². The number of aromatic nitrogens is 3. The van der Waals surface area contributed by atoms with Gasteiger partial charge in [0.15, 0.2) is 17.5 Å². The van der Waals surface area contributed by atoms with Crippen LogP contribution in [0.2, 0.25) is 0 Å². The third-order valence-corrected chi connectivity index (χ3v) is 4.37. The molecule has 4 aromatic rings. The number of aryl methyl sites for hydroxylation is 2. The van der Waals surface area contributed by atoms with Crippen molar-refractivity contribution in [2.75, 3.05) is 0 Å². The summed E-state index contributed by atoms with van der Waals surface area (Å²) >= 11 is 0. The molecule has 0 aliphatic carbocycles. The molecule has 4 heteroatoms. The van der Waals surface area contributed by atoms with Gasteiger partial charge in [0.2, 0.25) is 0 Å². The SMILES string of the molecule is Cc1ccc(-c2nc(-c3ccccc3)nc(-c3ccc(C)cc3O)n2)cc1. The lowest BCUT2D eigenvalue weighted by molar-refractivity contribution is 0.476. The summed E-state index contributed by atoms with van der Waals surface area (Å²) in [5.74, 6) is 1.78. The fourth-order valence-corrected chi connectivity index (χ4v) is 2.88. The summed E-state index contributed by atoms with van der Waals surface area (Å²) in [5.41, 5.74) is 4.56. The Morgan fingerprint density at radius 3 is 1.78 bits per heavy atom. The Balaban J connectivity index is 1.93. The Kier molecular flexibility index (Phi) is 4.38. The van der Waals surface area contributed by atoms with E-state index in [4.69, 9.17) is 0 Å². The highest BCUT2D eigenvalue weighted by atomic mass is 16.3. The first-order valence-electron chi connectivity index (χ1n) is 8.79. The van der Waals surface area contributed by atoms with Gasteiger partial charge in [-0.25, -0.2) is 15.0 Å². The van der Waals surface area contributed by atoms with Crippen molar-refractivity contribution in [3.8, 4) is 39.9 Å². The van der Waals surface area contributed by atoms with Crippen molar-refractivity contribution in [3.63, 3.8) is 0 Å². The average molecular weight is 353 g/mol. The van der Waals surface area contributed by atoms with Crippen LogP contribution in [0.4, 0.5) is 0 Å². The lowest BCUT2D eigenvalue weighted by atomic mass is 10.1. The topological polar surface area (TPSA) is 58.9 Å². The van der Waals surface area contributed by atoms with Gasteiger partial charge in [0, 0.05) is 11.1 Å². The normalized spacial score (nSPS) is 10.7. The molecule has 0 saturated carbocycles. The van der Waals surface area contributed by atoms with Crippen LogP contribution in [-0.2, 0) is 0 Å². The molecule has 0 saturated heterocycles. The molecule has 1 aromatic heterocycles. The van der Waals surface area contributed by atoms with Crippen LogP contribution in [0.25, 0.3) is 34.2 Å². The van der Waals surface area contributed by atoms with E-state index in [0.29, 0.717) is 23.0 Å². The second kappa shape index (κ2) is 7.00. The quantitative estimate of drug-likeness (QED) is 0.550. The predicted octanol–water partition coefficient (Wildman–Crippen LogP) is 5.20. The van der Waals surface area contributed by atoms with Gasteiger partial charge < -0.3 is 5.11 Å². The minimum Gasteiger partial charge on any atom is -0.507 e. The van der Waals surface area contributed by atoms with Gasteiger partial charge in [-0.1, -0.05) is 66.2 Å². The first-order valence-corrected chi connectivity index (χ1v) is 8.79. The maximum absolute atomic E-state index is 10.4. The van der Waals surface area contributed by atoms with E-state index in [1.165, 1.54) is 5.56 Å². The van der Waals surface area contributed by atoms with Gasteiger partial charge in [0.25, 0.3) is 0 Å². The third kappa shape index (κ3) is 3.55. The molecule has 1 N–H and O–H groups in total. The summed E-state index contributed by atoms with van der Waals surface area (Å²) in [6.07, 6.45) is 0. The Morgan fingerprint density at radius 1 is 0.593 bits per heavy atom. The first kappa shape index (κ1) is 16.9. The molecule has 0 unspecified atom stereocenters. The molecule has 0 aliphatic rings. The highest BCUT2D eigenvalue weighted by Crippen LogP contribution is 2.30. The number of benzene rings is 3. The average Bonchev–Trinajstić information content (AvgIpc) is 2.69. The van der Waals surface area contributed by atoms with Gasteiger partial charge in [0.1, 0.15) is 5.75 Å². The van der Waals surface area contributed by atoms with E-state index in [9.17, 15) is 5.11 Å². The van der Waals surface area contributed by atoms with E-state index in [1.807, 2.05) is 80.6 Å². The second-order valence-electron chi connectivity index (χ2n) is 6.56. The van der Waals surface area contributed by atoms with Crippen molar-refractivity contribution < 1.29 is 5.11 Å². The van der Waals surface area contributed by atoms with Crippen molar-refractivity contribution in [2.45, 2.75) is 13.8 Å². The van der Waals surface area contributed by atoms with E-state index >= 15 is 0 Å². The maximum atomic E-state index is 10.4. The Labute approximate surface area is 158 Å². The van der Waals surface area contributed by atoms with Crippen LogP contribution in [0.15, 0.2) is 72.8 Å². The van der Waals surface area contributed by atoms with Crippen LogP contribution in [0.5, 0.6) is 5.75 Å². The number of hydrogen-bond acceptors (Lipinski definition) is 4. The molecule has 27 heavy (non-hydrogen) atoms. The molecule has 0 spiro atoms. The van der Waals surface area contributed by atoms with Crippen LogP contribution in [-0.4, -0.2) is 20.1 Å². The summed E-state index contributed by atoms with van der Waals surface area (Å²) < 4.78 is 0. The van der Waals surface area contributed by atoms with Crippen molar-refractivity contribution in [1.82, 2.24) is 15.0 Å². The fraction of sp³-hybridized carbons (Fsp3) is 0.0870. The smallest absolute Gasteiger partial charge is 0.167 e. The molecular weight excluding hydrogens is 334 g/mol. The highest BCUT2D eigenvalue weighted by molar-refractivity contribution is 5.70. The van der Waals surface area contributed by atoms with Crippen molar-refractivity contribution in [2.24, 2.45) is 0 Å². The third-order valence-electron chi connectivity index (χ3n) is 4.37. The Morgan fingerprint density at radius 2 is 1.15 bits per heavy atom. The molecule has 0 atom stereocenters. The van der Waals surface area contributed by atoms with Crippen LogP contribution in [0.1, 0.15) is 11.1 Å². The van der Waals surface area contributed by atoms with Crippen LogP contribution in [0.3, 0.4) is 0 Å². The monoisotopic (exact) mass is 353 g/mol. The van der Waals surface area contributed by atoms with Crippen LogP contribution in [0, 0.1) is 13.8 Å². The lowest BCUT2D eigenvalue weighted by Gasteiger charge is -2.10. The van der Waals surface area contributed by atoms with E-state index in [-0.39, 0.29) is 5.75 Å². The molecule has 132 valence electrons. The molecule has 0 bridgehead atoms. The molecule has 4 nitrogen and oxygen atoms in total. The summed E-state index contributed by atoms with van der Waals surface area (Å²) in [4.78, 5) is 13.9. The van der Waals surface area contributed by atoms with Crippen molar-refractivity contribution >= 4 is 0 Å². The van der Waals surface area contributed by atoms with Gasteiger partial charge in [-0.2, -0.15) is 0 Å². The number of nitrogens with zero attached hydrogens (tertiary/aromatic N) is 3. The maximum Gasteiger partial charge on any atom is 0.167 e. The molecule has 1 heterocycles. The first-order chi connectivity index (χ1) is 13.1. The standard InChI is InChI=1S/C23H19N3O/c1-15-8-11-18(12-9-15)22-24-21(17-6-4-3-5-7-17)25-23(26-22)19-13-10-16(2)14-20(19)27/h3-14,27H,1-2H3. The summed E-state index contributed by atoms with van der Waals surface area (Å²) in [7, 11) is 0. The molecule has 0 radical (unpaired) electrons. The van der Waals surface area contributed by atoms with Gasteiger partial charge in [-0.15, -0.1) is 0 Å². The molecule has 0 aliphatic heterocycles. The molecule has 4 rings (SSSR count). The molecule has 3 aromatic carbocycles. The summed E-state index contributed by atoms with van der Waals surface area (Å²) in [6, 6.07) is 23.3. The zero-order chi connectivity index (χ0) is 18.8. The van der Waals surface area contributed by atoms with Gasteiger partial charge in [-0.05, 0) is 31.5 Å². The summed E-state index contributed by atoms with van der Waals surface area (Å²) in [5, 5.41) is 10.4. The number of hydrogen-bond donors (Lipinski definition) is 1. The molecular formula is C23H19N3O. The summed E-state index contributed by atoms with van der Waals surface area (Å²) in [6.45, 7) is 3.98. The van der Waals surface area contributed by atoms with E-state index in [2.05, 4.69) is 15.0 Å². The largest absolute Gasteiger partial charge is 0.507 e. The lowest BCUT2D eigenvalue weighted by Crippen LogP contribution is -2.00. The Hall–Kier alpha value is -3.53. The molecule has 0 fully saturated rings. The fourth-order valence-electron chi connectivity index (χ4n) is 2.88. The predicted molar refractivity (Wildman–Crippen MR) is 107 cm³/mol. The zero-order valence-electron chi connectivity index (χ0n) is 15.2. The number of phenols is 1. The van der Waals surface area contributed by atoms with Crippen molar-refractivity contribution in [3.05, 3.63) is 83.9 Å². The highest BCUT2D eigenvalue weighted by Gasteiger charge is 2.14. The van der Waals surface area contributed by atoms with E-state index in [0.717, 1.165) is 16.7 Å². The van der Waals surface area contributed by atoms with Crippen LogP contribution >= 0.6 is 0 Å².